The number of oxazole rings is 1. The number of amides is 1. The molecule has 1 N–H and O–H groups in total. The van der Waals surface area contributed by atoms with Gasteiger partial charge < -0.3 is 14.6 Å². The van der Waals surface area contributed by atoms with Crippen LogP contribution in [0.2, 0.25) is 0 Å². The van der Waals surface area contributed by atoms with Crippen LogP contribution in [0.4, 0.5) is 0 Å². The summed E-state index contributed by atoms with van der Waals surface area (Å²) < 4.78 is 5.41. The van der Waals surface area contributed by atoms with Gasteiger partial charge >= 0.3 is 0 Å². The lowest BCUT2D eigenvalue weighted by Crippen LogP contribution is -2.22. The fourth-order valence-corrected chi connectivity index (χ4v) is 1.71. The third-order valence-electron chi connectivity index (χ3n) is 2.95. The zero-order valence-electron chi connectivity index (χ0n) is 12.2. The van der Waals surface area contributed by atoms with Crippen molar-refractivity contribution in [1.29, 1.82) is 0 Å². The van der Waals surface area contributed by atoms with Crippen LogP contribution in [0.5, 0.6) is 0 Å². The third-order valence-corrected chi connectivity index (χ3v) is 2.95. The minimum atomic E-state index is -0.182. The van der Waals surface area contributed by atoms with Gasteiger partial charge in [-0.15, -0.1) is 0 Å². The molecule has 0 saturated carbocycles. The number of hydrogen-bond acceptors (Lipinski definition) is 5. The molecule has 6 heteroatoms. The van der Waals surface area contributed by atoms with Gasteiger partial charge in [0.1, 0.15) is 12.9 Å². The molecule has 0 aliphatic rings. The Kier molecular flexibility index (Phi) is 4.71. The SMILES string of the molecule is CO/N=C/c1ccc(C(=O)NCc2nc(C)c(C)o2)cc1. The molecule has 0 spiro atoms. The van der Waals surface area contributed by atoms with Crippen molar-refractivity contribution in [2.45, 2.75) is 20.4 Å². The molecule has 0 radical (unpaired) electrons. The van der Waals surface area contributed by atoms with Gasteiger partial charge in [-0.2, -0.15) is 0 Å². The highest BCUT2D eigenvalue weighted by molar-refractivity contribution is 5.94. The first kappa shape index (κ1) is 14.8. The van der Waals surface area contributed by atoms with E-state index in [-0.39, 0.29) is 12.5 Å². The molecule has 0 bridgehead atoms. The number of rotatable bonds is 5. The monoisotopic (exact) mass is 287 g/mol. The molecule has 1 aromatic carbocycles. The third kappa shape index (κ3) is 3.92. The first-order valence-corrected chi connectivity index (χ1v) is 6.48. The van der Waals surface area contributed by atoms with Crippen LogP contribution in [-0.4, -0.2) is 24.2 Å². The number of carbonyl (C=O) groups excluding carboxylic acids is 1. The van der Waals surface area contributed by atoms with Crippen molar-refractivity contribution in [2.75, 3.05) is 7.11 Å². The van der Waals surface area contributed by atoms with Crippen molar-refractivity contribution in [2.24, 2.45) is 5.16 Å². The first-order valence-electron chi connectivity index (χ1n) is 6.48. The second-order valence-electron chi connectivity index (χ2n) is 4.47. The maximum atomic E-state index is 12.0. The van der Waals surface area contributed by atoms with Crippen LogP contribution in [0, 0.1) is 13.8 Å². The smallest absolute Gasteiger partial charge is 0.251 e. The van der Waals surface area contributed by atoms with Gasteiger partial charge in [-0.25, -0.2) is 4.98 Å². The number of oxime groups is 1. The van der Waals surface area contributed by atoms with E-state index in [4.69, 9.17) is 4.42 Å². The van der Waals surface area contributed by atoms with E-state index in [0.29, 0.717) is 11.5 Å². The fraction of sp³-hybridized carbons (Fsp3) is 0.267. The van der Waals surface area contributed by atoms with Gasteiger partial charge in [-0.05, 0) is 31.5 Å². The molecule has 0 aliphatic heterocycles. The number of carbonyl (C=O) groups is 1. The number of nitrogens with zero attached hydrogens (tertiary/aromatic N) is 2. The van der Waals surface area contributed by atoms with E-state index in [2.05, 4.69) is 20.3 Å². The Morgan fingerprint density at radius 3 is 2.67 bits per heavy atom. The second kappa shape index (κ2) is 6.69. The molecule has 1 aromatic heterocycles. The predicted molar refractivity (Wildman–Crippen MR) is 78.2 cm³/mol. The van der Waals surface area contributed by atoms with Gasteiger partial charge in [0.05, 0.1) is 18.5 Å². The Hall–Kier alpha value is -2.63. The Balaban J connectivity index is 1.95. The van der Waals surface area contributed by atoms with Gasteiger partial charge in [0.2, 0.25) is 5.89 Å². The highest BCUT2D eigenvalue weighted by atomic mass is 16.6. The van der Waals surface area contributed by atoms with Gasteiger partial charge in [0.15, 0.2) is 0 Å². The van der Waals surface area contributed by atoms with Gasteiger partial charge in [0, 0.05) is 5.56 Å². The molecular weight excluding hydrogens is 270 g/mol. The quantitative estimate of drug-likeness (QED) is 0.675. The summed E-state index contributed by atoms with van der Waals surface area (Å²) in [4.78, 5) is 20.8. The summed E-state index contributed by atoms with van der Waals surface area (Å²) in [6.45, 7) is 3.97. The Bertz CT molecular complexity index is 625. The molecule has 2 rings (SSSR count). The van der Waals surface area contributed by atoms with Crippen LogP contribution in [0.3, 0.4) is 0 Å². The van der Waals surface area contributed by atoms with E-state index >= 15 is 0 Å². The average molecular weight is 287 g/mol. The molecule has 0 atom stereocenters. The van der Waals surface area contributed by atoms with E-state index in [1.807, 2.05) is 13.8 Å². The minimum Gasteiger partial charge on any atom is -0.444 e. The second-order valence-corrected chi connectivity index (χ2v) is 4.47. The standard InChI is InChI=1S/C15H17N3O3/c1-10-11(2)21-14(18-10)9-16-15(19)13-6-4-12(5-7-13)8-17-20-3/h4-8H,9H2,1-3H3,(H,16,19)/b17-8+. The lowest BCUT2D eigenvalue weighted by atomic mass is 10.1. The van der Waals surface area contributed by atoms with E-state index in [0.717, 1.165) is 17.0 Å². The van der Waals surface area contributed by atoms with Crippen molar-refractivity contribution in [3.63, 3.8) is 0 Å². The van der Waals surface area contributed by atoms with Gasteiger partial charge in [0.25, 0.3) is 5.91 Å². The lowest BCUT2D eigenvalue weighted by Gasteiger charge is -2.03. The Labute approximate surface area is 122 Å². The summed E-state index contributed by atoms with van der Waals surface area (Å²) in [5.41, 5.74) is 2.25. The fourth-order valence-electron chi connectivity index (χ4n) is 1.71. The minimum absolute atomic E-state index is 0.182. The van der Waals surface area contributed by atoms with Crippen molar-refractivity contribution in [1.82, 2.24) is 10.3 Å². The summed E-state index contributed by atoms with van der Waals surface area (Å²) >= 11 is 0. The number of aryl methyl sites for hydroxylation is 2. The van der Waals surface area contributed by atoms with E-state index < -0.39 is 0 Å². The highest BCUT2D eigenvalue weighted by Crippen LogP contribution is 2.08. The van der Waals surface area contributed by atoms with Crippen LogP contribution in [0.1, 0.15) is 33.3 Å². The molecule has 110 valence electrons. The zero-order chi connectivity index (χ0) is 15.2. The zero-order valence-corrected chi connectivity index (χ0v) is 12.2. The Morgan fingerprint density at radius 1 is 1.38 bits per heavy atom. The summed E-state index contributed by atoms with van der Waals surface area (Å²) in [7, 11) is 1.48. The topological polar surface area (TPSA) is 76.7 Å². The van der Waals surface area contributed by atoms with Crippen LogP contribution in [0.25, 0.3) is 0 Å². The predicted octanol–water partition coefficient (Wildman–Crippen LogP) is 2.20. The van der Waals surface area contributed by atoms with Crippen LogP contribution >= 0.6 is 0 Å². The van der Waals surface area contributed by atoms with E-state index in [1.165, 1.54) is 7.11 Å². The summed E-state index contributed by atoms with van der Waals surface area (Å²) in [5.74, 6) is 1.09. The average Bonchev–Trinajstić information content (AvgIpc) is 2.82. The molecule has 1 amide bonds. The normalized spacial score (nSPS) is 10.8. The van der Waals surface area contributed by atoms with Crippen molar-refractivity contribution < 1.29 is 14.0 Å². The lowest BCUT2D eigenvalue weighted by molar-refractivity contribution is 0.0947. The number of nitrogens with one attached hydrogen (secondary N) is 1. The number of hydrogen-bond donors (Lipinski definition) is 1. The number of benzene rings is 1. The van der Waals surface area contributed by atoms with Crippen molar-refractivity contribution in [3.8, 4) is 0 Å². The van der Waals surface area contributed by atoms with Crippen LogP contribution in [0.15, 0.2) is 33.8 Å². The Morgan fingerprint density at radius 2 is 2.10 bits per heavy atom. The van der Waals surface area contributed by atoms with Gasteiger partial charge in [-0.1, -0.05) is 17.3 Å². The summed E-state index contributed by atoms with van der Waals surface area (Å²) in [6, 6.07) is 7.02. The maximum absolute atomic E-state index is 12.0. The maximum Gasteiger partial charge on any atom is 0.251 e. The van der Waals surface area contributed by atoms with Crippen molar-refractivity contribution in [3.05, 3.63) is 52.7 Å². The molecule has 0 saturated heterocycles. The number of aromatic nitrogens is 1. The van der Waals surface area contributed by atoms with Crippen LogP contribution in [-0.2, 0) is 11.4 Å². The van der Waals surface area contributed by atoms with E-state index in [9.17, 15) is 4.79 Å². The molecular formula is C15H17N3O3. The van der Waals surface area contributed by atoms with Gasteiger partial charge in [-0.3, -0.25) is 4.79 Å². The molecule has 21 heavy (non-hydrogen) atoms. The van der Waals surface area contributed by atoms with E-state index in [1.54, 1.807) is 30.5 Å². The largest absolute Gasteiger partial charge is 0.444 e. The molecule has 0 fully saturated rings. The molecule has 0 aliphatic carbocycles. The summed E-state index contributed by atoms with van der Waals surface area (Å²) in [5, 5.41) is 6.42. The summed E-state index contributed by atoms with van der Waals surface area (Å²) in [6.07, 6.45) is 1.57. The van der Waals surface area contributed by atoms with Crippen LogP contribution < -0.4 is 5.32 Å². The molecule has 6 nitrogen and oxygen atoms in total. The molecule has 2 aromatic rings. The first-order chi connectivity index (χ1) is 10.1. The van der Waals surface area contributed by atoms with Crippen molar-refractivity contribution >= 4 is 12.1 Å². The highest BCUT2D eigenvalue weighted by Gasteiger charge is 2.09. The molecule has 0 unspecified atom stereocenters. The molecule has 1 heterocycles.